The second kappa shape index (κ2) is 20.6. The van der Waals surface area contributed by atoms with Crippen LogP contribution in [-0.4, -0.2) is 11.1 Å². The maximum absolute atomic E-state index is 14.2. The SMILES string of the molecule is FC(F)(F)c1cc([B-](c2cc(C(F)(F)F)cc(C(F)(F)F)c2)(c2cc(C(F)(F)F)cc(C(F)(F)F)c2)c2cc(C(F)(F)F)cc(C(F)(F)F)c2)cc(C(F)(F)F)c1.Fc1ccccc1-c1cncc[n+]1Cc1ccccc1. The van der Waals surface area contributed by atoms with Crippen LogP contribution in [0.1, 0.15) is 50.1 Å². The van der Waals surface area contributed by atoms with E-state index in [0.717, 1.165) is 5.69 Å². The van der Waals surface area contributed by atoms with E-state index in [-0.39, 0.29) is 5.82 Å². The number of benzene rings is 6. The highest BCUT2D eigenvalue weighted by Crippen LogP contribution is 2.41. The van der Waals surface area contributed by atoms with E-state index in [1.165, 1.54) is 11.6 Å². The van der Waals surface area contributed by atoms with Gasteiger partial charge in [-0.15, -0.1) is 0 Å². The molecule has 2 nitrogen and oxygen atoms in total. The molecule has 0 bridgehead atoms. The molecule has 1 heterocycles. The predicted molar refractivity (Wildman–Crippen MR) is 225 cm³/mol. The molecule has 1 aromatic heterocycles. The summed E-state index contributed by atoms with van der Waals surface area (Å²) in [6.45, 7) is 0.688. The van der Waals surface area contributed by atoms with Gasteiger partial charge in [0.05, 0.1) is 62.5 Å². The molecule has 0 aliphatic rings. The average Bonchev–Trinajstić information content (AvgIpc) is 3.30. The number of rotatable bonds is 7. The van der Waals surface area contributed by atoms with E-state index in [2.05, 4.69) is 17.1 Å². The van der Waals surface area contributed by atoms with Crippen LogP contribution < -0.4 is 26.4 Å². The third-order valence-corrected chi connectivity index (χ3v) is 11.6. The van der Waals surface area contributed by atoms with Gasteiger partial charge in [0, 0.05) is 5.56 Å². The van der Waals surface area contributed by atoms with Crippen molar-refractivity contribution in [2.45, 2.75) is 56.0 Å². The Balaban J connectivity index is 0.000000397. The maximum atomic E-state index is 14.2. The molecule has 6 aromatic carbocycles. The lowest BCUT2D eigenvalue weighted by molar-refractivity contribution is -0.678. The predicted octanol–water partition coefficient (Wildman–Crippen LogP) is 14.4. The van der Waals surface area contributed by atoms with Gasteiger partial charge in [-0.2, -0.15) is 132 Å². The van der Waals surface area contributed by atoms with Crippen molar-refractivity contribution in [3.05, 3.63) is 202 Å². The standard InChI is InChI=1S/C32H12BF24.C17H14FN2/c34-25(35,36)13-1-14(26(37,38)39)6-21(5-13)33(22-7-15(27(40,41)42)2-16(8-22)28(43,44)45,23-9-17(29(46,47)48)3-18(10-23)30(49,50)51)24-11-19(31(52,53)54)4-20(12-24)32(55,56)57;18-16-9-5-4-8-15(16)17-12-19-10-11-20(17)13-14-6-2-1-3-7-14/h1-12H;1-12H,13H2/q-1;+1. The first-order chi connectivity index (χ1) is 35.1. The molecular formula is C49H26BF25N2. The van der Waals surface area contributed by atoms with E-state index in [0.29, 0.717) is 12.1 Å². The Kier molecular flexibility index (Phi) is 15.8. The smallest absolute Gasteiger partial charge is 0.252 e. The van der Waals surface area contributed by atoms with Crippen LogP contribution in [0.3, 0.4) is 0 Å². The summed E-state index contributed by atoms with van der Waals surface area (Å²) >= 11 is 0. The summed E-state index contributed by atoms with van der Waals surface area (Å²) in [7, 11) is 0. The second-order valence-corrected chi connectivity index (χ2v) is 16.8. The van der Waals surface area contributed by atoms with Gasteiger partial charge in [-0.25, -0.2) is 4.39 Å². The minimum atomic E-state index is -6.13. The van der Waals surface area contributed by atoms with Crippen molar-refractivity contribution in [3.8, 4) is 11.3 Å². The summed E-state index contributed by atoms with van der Waals surface area (Å²) in [6, 6.07) is 8.04. The highest BCUT2D eigenvalue weighted by atomic mass is 19.4. The van der Waals surface area contributed by atoms with E-state index in [1.807, 2.05) is 35.0 Å². The number of alkyl halides is 24. The van der Waals surface area contributed by atoms with Crippen LogP contribution in [0.4, 0.5) is 110 Å². The molecule has 0 aliphatic carbocycles. The lowest BCUT2D eigenvalue weighted by atomic mass is 9.12. The van der Waals surface area contributed by atoms with Crippen LogP contribution in [-0.2, 0) is 56.0 Å². The molecule has 0 radical (unpaired) electrons. The van der Waals surface area contributed by atoms with Gasteiger partial charge < -0.3 is 0 Å². The Morgan fingerprint density at radius 3 is 0.896 bits per heavy atom. The van der Waals surface area contributed by atoms with Crippen molar-refractivity contribution in [2.24, 2.45) is 0 Å². The van der Waals surface area contributed by atoms with E-state index in [4.69, 9.17) is 0 Å². The van der Waals surface area contributed by atoms with Crippen LogP contribution in [0.5, 0.6) is 0 Å². The van der Waals surface area contributed by atoms with Gasteiger partial charge in [-0.1, -0.05) is 91.0 Å². The molecule has 0 saturated carbocycles. The first-order valence-electron chi connectivity index (χ1n) is 21.1. The Morgan fingerprint density at radius 2 is 0.623 bits per heavy atom. The lowest BCUT2D eigenvalue weighted by Gasteiger charge is -2.46. The molecule has 0 fully saturated rings. The average molecular weight is 1130 g/mol. The topological polar surface area (TPSA) is 16.8 Å². The van der Waals surface area contributed by atoms with Crippen molar-refractivity contribution in [2.75, 3.05) is 0 Å². The zero-order valence-electron chi connectivity index (χ0n) is 37.5. The van der Waals surface area contributed by atoms with Gasteiger partial charge in [-0.05, 0) is 36.4 Å². The Morgan fingerprint density at radius 1 is 0.351 bits per heavy atom. The molecule has 7 rings (SSSR count). The van der Waals surface area contributed by atoms with Crippen molar-refractivity contribution in [1.29, 1.82) is 0 Å². The van der Waals surface area contributed by atoms with E-state index < -0.39 is 195 Å². The van der Waals surface area contributed by atoms with Gasteiger partial charge in [0.15, 0.2) is 12.7 Å². The molecule has 77 heavy (non-hydrogen) atoms. The molecule has 0 amide bonds. The van der Waals surface area contributed by atoms with Gasteiger partial charge in [0.1, 0.15) is 12.0 Å². The van der Waals surface area contributed by atoms with Gasteiger partial charge >= 0.3 is 49.4 Å². The largest absolute Gasteiger partial charge is 0.416 e. The minimum Gasteiger partial charge on any atom is -0.252 e. The Labute approximate surface area is 416 Å². The zero-order valence-corrected chi connectivity index (χ0v) is 37.5. The van der Waals surface area contributed by atoms with Crippen LogP contribution in [0.2, 0.25) is 0 Å². The molecule has 0 N–H and O–H groups in total. The maximum Gasteiger partial charge on any atom is 0.416 e. The number of halogens is 25. The van der Waals surface area contributed by atoms with Gasteiger partial charge in [0.2, 0.25) is 5.69 Å². The first kappa shape index (κ1) is 59.0. The van der Waals surface area contributed by atoms with Crippen LogP contribution in [0.25, 0.3) is 11.3 Å². The third-order valence-electron chi connectivity index (χ3n) is 11.6. The summed E-state index contributed by atoms with van der Waals surface area (Å²) in [6.07, 6.45) is -49.5. The fourth-order valence-corrected chi connectivity index (χ4v) is 8.27. The second-order valence-electron chi connectivity index (χ2n) is 16.8. The molecule has 7 aromatic rings. The highest BCUT2D eigenvalue weighted by Gasteiger charge is 2.47. The van der Waals surface area contributed by atoms with E-state index >= 15 is 0 Å². The van der Waals surface area contributed by atoms with Crippen molar-refractivity contribution in [3.63, 3.8) is 0 Å². The monoisotopic (exact) mass is 1130 g/mol. The highest BCUT2D eigenvalue weighted by molar-refractivity contribution is 7.20. The van der Waals surface area contributed by atoms with Crippen LogP contribution in [0, 0.1) is 5.82 Å². The van der Waals surface area contributed by atoms with Crippen LogP contribution >= 0.6 is 0 Å². The van der Waals surface area contributed by atoms with E-state index in [9.17, 15) is 110 Å². The number of nitrogens with zero attached hydrogens (tertiary/aromatic N) is 2. The quantitative estimate of drug-likeness (QED) is 0.0883. The Hall–Kier alpha value is -7.29. The Bertz CT molecular complexity index is 2800. The van der Waals surface area contributed by atoms with Crippen molar-refractivity contribution < 1.29 is 114 Å². The summed E-state index contributed by atoms with van der Waals surface area (Å²) in [5, 5.41) is 0. The summed E-state index contributed by atoms with van der Waals surface area (Å²) in [5.74, 6) is -0.234. The number of hydrogen-bond donors (Lipinski definition) is 0. The number of hydrogen-bond acceptors (Lipinski definition) is 1. The molecule has 28 heteroatoms. The lowest BCUT2D eigenvalue weighted by Crippen LogP contribution is -2.75. The van der Waals surface area contributed by atoms with Crippen molar-refractivity contribution in [1.82, 2.24) is 4.98 Å². The number of aromatic nitrogens is 2. The fraction of sp³-hybridized carbons (Fsp3) is 0.184. The van der Waals surface area contributed by atoms with Crippen molar-refractivity contribution >= 4 is 28.0 Å². The summed E-state index contributed by atoms with van der Waals surface area (Å²) < 4.78 is 357. The summed E-state index contributed by atoms with van der Waals surface area (Å²) in [4.78, 5) is 4.12. The zero-order chi connectivity index (χ0) is 57.7. The molecule has 0 spiro atoms. The van der Waals surface area contributed by atoms with Gasteiger partial charge in [0.25, 0.3) is 0 Å². The molecular weight excluding hydrogens is 1100 g/mol. The van der Waals surface area contributed by atoms with Crippen LogP contribution in [0.15, 0.2) is 146 Å². The molecule has 0 aliphatic heterocycles. The molecule has 0 atom stereocenters. The normalized spacial score (nSPS) is 13.3. The minimum absolute atomic E-state index is 0.234. The first-order valence-corrected chi connectivity index (χ1v) is 21.1. The molecule has 410 valence electrons. The molecule has 0 saturated heterocycles. The summed E-state index contributed by atoms with van der Waals surface area (Å²) in [5.41, 5.74) is -27.7. The van der Waals surface area contributed by atoms with Gasteiger partial charge in [-0.3, -0.25) is 4.98 Å². The molecule has 0 unspecified atom stereocenters. The third kappa shape index (κ3) is 13.5. The van der Waals surface area contributed by atoms with E-state index in [1.54, 1.807) is 24.5 Å². The fourth-order valence-electron chi connectivity index (χ4n) is 8.27.